The molecule has 2 amide bonds. The minimum absolute atomic E-state index is 0.0397. The van der Waals surface area contributed by atoms with Crippen LogP contribution in [0.2, 0.25) is 0 Å². The first kappa shape index (κ1) is 47.9. The van der Waals surface area contributed by atoms with Crippen molar-refractivity contribution in [1.82, 2.24) is 10.6 Å². The van der Waals surface area contributed by atoms with E-state index >= 15 is 0 Å². The van der Waals surface area contributed by atoms with Crippen LogP contribution < -0.4 is 10.6 Å². The van der Waals surface area contributed by atoms with Gasteiger partial charge in [0.25, 0.3) is 0 Å². The van der Waals surface area contributed by atoms with Gasteiger partial charge in [0.1, 0.15) is 24.4 Å². The fourth-order valence-corrected chi connectivity index (χ4v) is 9.60. The van der Waals surface area contributed by atoms with Crippen LogP contribution in [-0.4, -0.2) is 109 Å². The van der Waals surface area contributed by atoms with E-state index in [-0.39, 0.29) is 80.1 Å². The van der Waals surface area contributed by atoms with Crippen molar-refractivity contribution in [2.75, 3.05) is 32.5 Å². The minimum Gasteiger partial charge on any atom is -0.459 e. The topological polar surface area (TPSA) is 214 Å². The van der Waals surface area contributed by atoms with Crippen LogP contribution in [0.3, 0.4) is 0 Å². The van der Waals surface area contributed by atoms with Gasteiger partial charge in [-0.1, -0.05) is 33.6 Å². The third kappa shape index (κ3) is 17.5. The summed E-state index contributed by atoms with van der Waals surface area (Å²) in [6.45, 7) is 12.0. The summed E-state index contributed by atoms with van der Waals surface area (Å²) in [5.74, 6) is -0.514. The van der Waals surface area contributed by atoms with Crippen LogP contribution in [0.5, 0.6) is 0 Å². The molecular formula is C37H68N2O14P2. The number of esters is 1. The normalized spacial score (nSPS) is 30.2. The molecule has 16 nitrogen and oxygen atoms in total. The summed E-state index contributed by atoms with van der Waals surface area (Å²) in [5, 5.41) is 5.79. The fraction of sp³-hybridized carbons (Fsp3) is 0.919. The quantitative estimate of drug-likeness (QED) is 0.0478. The van der Waals surface area contributed by atoms with E-state index in [2.05, 4.69) is 10.6 Å². The van der Waals surface area contributed by atoms with Gasteiger partial charge in [0.15, 0.2) is 0 Å². The molecule has 0 aliphatic carbocycles. The molecule has 55 heavy (non-hydrogen) atoms. The smallest absolute Gasteiger partial charge is 0.459 e. The van der Waals surface area contributed by atoms with E-state index < -0.39 is 52.4 Å². The number of unbranched alkanes of at least 4 members (excludes halogenated alkanes) is 3. The number of ether oxygens (including phenoxy) is 4. The molecule has 18 heteroatoms. The molecule has 3 heterocycles. The lowest BCUT2D eigenvalue weighted by Crippen LogP contribution is -2.32. The van der Waals surface area contributed by atoms with Crippen molar-refractivity contribution in [2.45, 2.75) is 174 Å². The first-order chi connectivity index (χ1) is 26.0. The standard InChI is InChI=1S/C37H68N2O14P2/c1-7-28(8-2)37(42)39-18-13-11-10-12-17-38-35(40)14-15-36(41)52-31-21-26(5)50-33(31)24-48-55(45,46)53-32-22-27(6)51-34(32)23-47-54(43,44)19-16-29-20-25(4)49-30(29)9-3/h25-34H,7-24H2,1-6H3,(H,38,40)(H,39,42)(H,43,44)(H,45,46). The van der Waals surface area contributed by atoms with Crippen LogP contribution in [-0.2, 0) is 56.0 Å². The summed E-state index contributed by atoms with van der Waals surface area (Å²) in [5.41, 5.74) is 0. The summed E-state index contributed by atoms with van der Waals surface area (Å²) >= 11 is 0. The summed E-state index contributed by atoms with van der Waals surface area (Å²) < 4.78 is 65.0. The molecule has 11 atom stereocenters. The maximum atomic E-state index is 13.0. The molecule has 11 unspecified atom stereocenters. The molecule has 3 fully saturated rings. The Hall–Kier alpha value is -1.45. The maximum absolute atomic E-state index is 13.0. The molecule has 3 rings (SSSR count). The number of phosphoric acid groups is 1. The number of hydrogen-bond acceptors (Lipinski definition) is 12. The van der Waals surface area contributed by atoms with Crippen molar-refractivity contribution in [3.05, 3.63) is 0 Å². The Morgan fingerprint density at radius 3 is 1.95 bits per heavy atom. The van der Waals surface area contributed by atoms with Crippen LogP contribution in [0.4, 0.5) is 0 Å². The van der Waals surface area contributed by atoms with E-state index in [1.54, 1.807) is 13.8 Å². The number of carbonyl (C=O) groups excluding carboxylic acids is 3. The highest BCUT2D eigenvalue weighted by Crippen LogP contribution is 2.50. The fourth-order valence-electron chi connectivity index (χ4n) is 7.48. The Morgan fingerprint density at radius 2 is 1.31 bits per heavy atom. The molecule has 0 aromatic heterocycles. The zero-order valence-electron chi connectivity index (χ0n) is 33.7. The Labute approximate surface area is 327 Å². The van der Waals surface area contributed by atoms with Crippen molar-refractivity contribution in [2.24, 2.45) is 11.8 Å². The van der Waals surface area contributed by atoms with Gasteiger partial charge in [0.05, 0.1) is 50.2 Å². The Morgan fingerprint density at radius 1 is 0.745 bits per heavy atom. The van der Waals surface area contributed by atoms with Crippen molar-refractivity contribution in [1.29, 1.82) is 0 Å². The van der Waals surface area contributed by atoms with E-state index in [9.17, 15) is 33.3 Å². The largest absolute Gasteiger partial charge is 0.472 e. The van der Waals surface area contributed by atoms with Crippen LogP contribution in [0.15, 0.2) is 0 Å². The number of phosphoric ester groups is 1. The molecule has 0 spiro atoms. The highest BCUT2D eigenvalue weighted by Gasteiger charge is 2.43. The number of carbonyl (C=O) groups is 3. The molecular weight excluding hydrogens is 758 g/mol. The molecule has 3 saturated heterocycles. The monoisotopic (exact) mass is 826 g/mol. The van der Waals surface area contributed by atoms with Crippen molar-refractivity contribution < 1.29 is 65.8 Å². The Bertz CT molecular complexity index is 1290. The minimum atomic E-state index is -4.68. The van der Waals surface area contributed by atoms with Gasteiger partial charge in [0.2, 0.25) is 11.8 Å². The van der Waals surface area contributed by atoms with Crippen LogP contribution in [0.25, 0.3) is 0 Å². The van der Waals surface area contributed by atoms with Crippen LogP contribution >= 0.6 is 15.4 Å². The molecule has 0 bridgehead atoms. The van der Waals surface area contributed by atoms with Crippen molar-refractivity contribution >= 4 is 33.2 Å². The predicted molar refractivity (Wildman–Crippen MR) is 204 cm³/mol. The van der Waals surface area contributed by atoms with E-state index in [1.165, 1.54) is 0 Å². The van der Waals surface area contributed by atoms with Crippen LogP contribution in [0.1, 0.15) is 125 Å². The number of nitrogens with one attached hydrogen (secondary N) is 2. The van der Waals surface area contributed by atoms with Gasteiger partial charge < -0.3 is 43.9 Å². The Balaban J connectivity index is 1.33. The van der Waals surface area contributed by atoms with E-state index in [1.807, 2.05) is 27.7 Å². The molecule has 0 aromatic rings. The van der Waals surface area contributed by atoms with E-state index in [0.717, 1.165) is 51.4 Å². The number of rotatable bonds is 26. The van der Waals surface area contributed by atoms with Gasteiger partial charge in [-0.15, -0.1) is 0 Å². The first-order valence-electron chi connectivity index (χ1n) is 20.4. The van der Waals surface area contributed by atoms with Gasteiger partial charge in [-0.3, -0.25) is 28.0 Å². The summed E-state index contributed by atoms with van der Waals surface area (Å²) in [6, 6.07) is 0. The lowest BCUT2D eigenvalue weighted by molar-refractivity contribution is -0.153. The highest BCUT2D eigenvalue weighted by atomic mass is 31.2. The zero-order chi connectivity index (χ0) is 40.6. The van der Waals surface area contributed by atoms with Gasteiger partial charge in [-0.25, -0.2) is 4.57 Å². The molecule has 3 aliphatic rings. The third-order valence-corrected chi connectivity index (χ3v) is 12.9. The van der Waals surface area contributed by atoms with Crippen molar-refractivity contribution in [3.8, 4) is 0 Å². The van der Waals surface area contributed by atoms with Crippen molar-refractivity contribution in [3.63, 3.8) is 0 Å². The average molecular weight is 827 g/mol. The second kappa shape index (κ2) is 23.8. The molecule has 0 aromatic carbocycles. The summed E-state index contributed by atoms with van der Waals surface area (Å²) in [4.78, 5) is 58.1. The molecule has 320 valence electrons. The van der Waals surface area contributed by atoms with Gasteiger partial charge >= 0.3 is 21.4 Å². The summed E-state index contributed by atoms with van der Waals surface area (Å²) in [6.07, 6.45) is 3.71. The molecule has 0 saturated carbocycles. The predicted octanol–water partition coefficient (Wildman–Crippen LogP) is 5.56. The SMILES string of the molecule is CCC(CC)C(=O)NCCCCCCNC(=O)CCC(=O)OC1CC(C)OC1COP(=O)(O)OC1CC(C)OC1COP(=O)(O)CCC1CC(C)OC1CC. The number of hydrogen-bond donors (Lipinski definition) is 4. The maximum Gasteiger partial charge on any atom is 0.472 e. The lowest BCUT2D eigenvalue weighted by Gasteiger charge is -2.24. The van der Waals surface area contributed by atoms with E-state index in [4.69, 9.17) is 32.5 Å². The molecule has 0 radical (unpaired) electrons. The average Bonchev–Trinajstić information content (AvgIpc) is 3.79. The third-order valence-electron chi connectivity index (χ3n) is 10.6. The first-order valence-corrected chi connectivity index (χ1v) is 23.6. The van der Waals surface area contributed by atoms with Gasteiger partial charge in [0, 0.05) is 38.3 Å². The zero-order valence-corrected chi connectivity index (χ0v) is 35.5. The number of amides is 2. The van der Waals surface area contributed by atoms with Gasteiger partial charge in [-0.05, 0) is 71.6 Å². The summed E-state index contributed by atoms with van der Waals surface area (Å²) in [7, 11) is -8.65. The van der Waals surface area contributed by atoms with Gasteiger partial charge in [-0.2, -0.15) is 0 Å². The Kier molecular flexibility index (Phi) is 20.8. The molecule has 3 aliphatic heterocycles. The second-order valence-corrected chi connectivity index (χ2v) is 18.7. The van der Waals surface area contributed by atoms with Crippen LogP contribution in [0, 0.1) is 11.8 Å². The second-order valence-electron chi connectivity index (χ2n) is 15.3. The van der Waals surface area contributed by atoms with E-state index in [0.29, 0.717) is 25.9 Å². The highest BCUT2D eigenvalue weighted by molar-refractivity contribution is 7.52. The lowest BCUT2D eigenvalue weighted by atomic mass is 9.95. The molecule has 4 N–H and O–H groups in total.